The molecule has 406 valence electrons. The highest BCUT2D eigenvalue weighted by Crippen LogP contribution is 2.35. The number of rotatable bonds is 12. The number of hydrogen-bond acceptors (Lipinski definition) is 11. The first-order valence-electron chi connectivity index (χ1n) is 26.0. The molecular weight excluding hydrogens is 969 g/mol. The summed E-state index contributed by atoms with van der Waals surface area (Å²) in [5.41, 5.74) is 12.9. The molecule has 8 amide bonds. The molecule has 24 nitrogen and oxygen atoms in total. The highest BCUT2D eigenvalue weighted by Gasteiger charge is 2.43. The summed E-state index contributed by atoms with van der Waals surface area (Å²) in [6, 6.07) is -4.33. The van der Waals surface area contributed by atoms with Crippen LogP contribution in [0.25, 0.3) is 16.7 Å². The van der Waals surface area contributed by atoms with Crippen LogP contribution in [-0.2, 0) is 56.0 Å². The maximum absolute atomic E-state index is 15.4. The lowest BCUT2D eigenvalue weighted by molar-refractivity contribution is -0.143. The maximum atomic E-state index is 15.4. The normalized spacial score (nSPS) is 26.5. The van der Waals surface area contributed by atoms with Gasteiger partial charge < -0.3 is 63.7 Å². The number of aromatic amines is 1. The van der Waals surface area contributed by atoms with E-state index in [1.54, 1.807) is 17.7 Å². The van der Waals surface area contributed by atoms with Gasteiger partial charge in [0, 0.05) is 60.9 Å². The monoisotopic (exact) mass is 1040 g/mol. The Morgan fingerprint density at radius 3 is 2.27 bits per heavy atom. The maximum Gasteiger partial charge on any atom is 0.326 e. The largest absolute Gasteiger partial charge is 0.480 e. The van der Waals surface area contributed by atoms with Crippen LogP contribution in [0.15, 0.2) is 35.7 Å². The average Bonchev–Trinajstić information content (AvgIpc) is 4.19. The molecule has 2 fully saturated rings. The Morgan fingerprint density at radius 1 is 0.867 bits per heavy atom. The molecule has 3 aromatic rings. The molecule has 2 aromatic heterocycles. The Hall–Kier alpha value is -7.53. The van der Waals surface area contributed by atoms with Crippen LogP contribution < -0.4 is 48.7 Å². The Bertz CT molecular complexity index is 2710. The van der Waals surface area contributed by atoms with Crippen molar-refractivity contribution in [3.8, 4) is 5.82 Å². The van der Waals surface area contributed by atoms with E-state index in [0.29, 0.717) is 40.7 Å². The Labute approximate surface area is 434 Å². The van der Waals surface area contributed by atoms with Crippen molar-refractivity contribution in [3.63, 3.8) is 0 Å². The van der Waals surface area contributed by atoms with E-state index in [4.69, 9.17) is 11.5 Å². The van der Waals surface area contributed by atoms with Crippen LogP contribution in [0.1, 0.15) is 116 Å². The van der Waals surface area contributed by atoms with Gasteiger partial charge in [0.25, 0.3) is 0 Å². The summed E-state index contributed by atoms with van der Waals surface area (Å²) in [5, 5.41) is 30.8. The van der Waals surface area contributed by atoms with E-state index >= 15 is 4.79 Å². The molecule has 0 saturated carbocycles. The van der Waals surface area contributed by atoms with Crippen LogP contribution in [-0.4, -0.2) is 145 Å². The molecule has 24 heteroatoms. The number of fused-ring (bicyclic) bond motifs is 14. The molecule has 0 radical (unpaired) electrons. The van der Waals surface area contributed by atoms with Gasteiger partial charge in [0.1, 0.15) is 60.5 Å². The first kappa shape index (κ1) is 55.2. The van der Waals surface area contributed by atoms with Crippen molar-refractivity contribution >= 4 is 70.1 Å². The van der Waals surface area contributed by atoms with Gasteiger partial charge in [-0.15, -0.1) is 0 Å². The lowest BCUT2D eigenvalue weighted by Crippen LogP contribution is -2.62. The van der Waals surface area contributed by atoms with E-state index in [9.17, 15) is 43.5 Å². The van der Waals surface area contributed by atoms with Crippen LogP contribution in [0.3, 0.4) is 0 Å². The summed E-state index contributed by atoms with van der Waals surface area (Å²) < 4.78 is 1.62. The molecule has 8 rings (SSSR count). The fourth-order valence-corrected chi connectivity index (χ4v) is 10.6. The van der Waals surface area contributed by atoms with Gasteiger partial charge >= 0.3 is 5.97 Å². The topological polar surface area (TPSA) is 359 Å². The van der Waals surface area contributed by atoms with Crippen LogP contribution in [0.5, 0.6) is 0 Å². The number of guanidine groups is 1. The molecule has 10 unspecified atom stereocenters. The minimum atomic E-state index is -1.49. The molecule has 0 aliphatic carbocycles. The van der Waals surface area contributed by atoms with Crippen LogP contribution in [0.2, 0.25) is 0 Å². The third-order valence-electron chi connectivity index (χ3n) is 14.8. The smallest absolute Gasteiger partial charge is 0.326 e. The second-order valence-electron chi connectivity index (χ2n) is 21.1. The summed E-state index contributed by atoms with van der Waals surface area (Å²) in [5.74, 6) is -7.78. The van der Waals surface area contributed by atoms with Crippen molar-refractivity contribution in [1.29, 1.82) is 0 Å². The number of carbonyl (C=O) groups excluding carboxylic acids is 8. The van der Waals surface area contributed by atoms with Crippen LogP contribution in [0.4, 0.5) is 0 Å². The van der Waals surface area contributed by atoms with E-state index in [2.05, 4.69) is 52.2 Å². The van der Waals surface area contributed by atoms with Crippen molar-refractivity contribution in [3.05, 3.63) is 47.5 Å². The molecule has 13 N–H and O–H groups in total. The predicted octanol–water partition coefficient (Wildman–Crippen LogP) is -0.386. The number of imidazole rings is 1. The van der Waals surface area contributed by atoms with Crippen molar-refractivity contribution in [2.75, 3.05) is 13.1 Å². The lowest BCUT2D eigenvalue weighted by Gasteiger charge is -2.33. The highest BCUT2D eigenvalue weighted by molar-refractivity contribution is 6.00. The minimum Gasteiger partial charge on any atom is -0.480 e. The van der Waals surface area contributed by atoms with Gasteiger partial charge in [0.2, 0.25) is 47.3 Å². The fourth-order valence-electron chi connectivity index (χ4n) is 10.6. The minimum absolute atomic E-state index is 0.00977. The standard InChI is InChI=1S/C51H72N14O10/c1-7-26(6)40-47(71)60-35-21-30-29-13-12-27(39(25(4)5)41(63-44(68)32-14-15-38(66)56-32)48(72)59-34(18-24(2)3)45(69)62-40)19-33(29)57-42(30)64-22-28(55-23-64)20-36(50(74)75)61-43(67)31(10-8-16-54-51(52)53)58-46(70)37-11-9-17-65(37)49(35)73/h12-13,19,22-26,31-32,34-37,39-41,57H,7-11,14-18,20-21H2,1-6H3,(H,56,66)(H,58,70)(H,59,72)(H,60,71)(H,61,67)(H,62,69)(H,63,68)(H,74,75)(H4,52,53,54). The second-order valence-corrected chi connectivity index (χ2v) is 21.1. The lowest BCUT2D eigenvalue weighted by atomic mass is 9.81. The third-order valence-corrected chi connectivity index (χ3v) is 14.8. The molecule has 7 bridgehead atoms. The van der Waals surface area contributed by atoms with E-state index in [0.717, 1.165) is 0 Å². The van der Waals surface area contributed by atoms with Gasteiger partial charge in [-0.3, -0.25) is 47.9 Å². The number of amides is 8. The molecule has 0 spiro atoms. The molecule has 75 heavy (non-hydrogen) atoms. The van der Waals surface area contributed by atoms with Gasteiger partial charge in [-0.25, -0.2) is 9.78 Å². The quantitative estimate of drug-likeness (QED) is 0.0478. The van der Waals surface area contributed by atoms with Gasteiger partial charge in [-0.1, -0.05) is 60.1 Å². The number of carbonyl (C=O) groups is 9. The van der Waals surface area contributed by atoms with Gasteiger partial charge in [-0.2, -0.15) is 0 Å². The number of nitrogens with zero attached hydrogens (tertiary/aromatic N) is 4. The Balaban J connectivity index is 1.42. The van der Waals surface area contributed by atoms with Crippen LogP contribution in [0, 0.1) is 17.8 Å². The summed E-state index contributed by atoms with van der Waals surface area (Å²) in [4.78, 5) is 141. The number of benzene rings is 1. The van der Waals surface area contributed by atoms with Gasteiger partial charge in [-0.05, 0) is 67.9 Å². The van der Waals surface area contributed by atoms with Crippen molar-refractivity contribution < 1.29 is 48.3 Å². The number of nitrogens with two attached hydrogens (primary N) is 2. The first-order chi connectivity index (χ1) is 35.6. The number of H-pyrrole nitrogens is 1. The highest BCUT2D eigenvalue weighted by atomic mass is 16.4. The third kappa shape index (κ3) is 12.9. The molecule has 5 aliphatic rings. The fraction of sp³-hybridized carbons (Fsp3) is 0.588. The van der Waals surface area contributed by atoms with Gasteiger partial charge in [0.05, 0.1) is 5.69 Å². The number of carboxylic acid groups (broad SMARTS) is 1. The molecule has 5 aliphatic heterocycles. The zero-order chi connectivity index (χ0) is 54.4. The predicted molar refractivity (Wildman–Crippen MR) is 274 cm³/mol. The van der Waals surface area contributed by atoms with Crippen molar-refractivity contribution in [1.82, 2.24) is 56.7 Å². The van der Waals surface area contributed by atoms with Crippen molar-refractivity contribution in [2.45, 2.75) is 160 Å². The second kappa shape index (κ2) is 23.8. The number of nitrogens with one attached hydrogen (secondary N) is 8. The molecule has 2 saturated heterocycles. The van der Waals surface area contributed by atoms with E-state index in [-0.39, 0.29) is 93.9 Å². The summed E-state index contributed by atoms with van der Waals surface area (Å²) in [6.45, 7) is 11.4. The number of aliphatic carboxylic acids is 1. The number of carboxylic acids is 1. The zero-order valence-electron chi connectivity index (χ0n) is 43.4. The first-order valence-corrected chi connectivity index (χ1v) is 26.0. The van der Waals surface area contributed by atoms with Crippen LogP contribution >= 0.6 is 0 Å². The molecular formula is C51H72N14O10. The van der Waals surface area contributed by atoms with E-state index in [1.807, 2.05) is 52.8 Å². The van der Waals surface area contributed by atoms with Gasteiger partial charge in [0.15, 0.2) is 5.96 Å². The average molecular weight is 1040 g/mol. The van der Waals surface area contributed by atoms with E-state index in [1.165, 1.54) is 11.2 Å². The summed E-state index contributed by atoms with van der Waals surface area (Å²) >= 11 is 0. The molecule has 1 aromatic carbocycles. The van der Waals surface area contributed by atoms with E-state index < -0.39 is 107 Å². The summed E-state index contributed by atoms with van der Waals surface area (Å²) in [7, 11) is 0. The number of hydrogen-bond donors (Lipinski definition) is 11. The number of aromatic nitrogens is 3. The van der Waals surface area contributed by atoms with Crippen molar-refractivity contribution in [2.24, 2.45) is 34.2 Å². The number of aliphatic imine (C=N–C) groups is 1. The SMILES string of the molecule is CCC(C)C1NC(=O)C(CC(C)C)NC(=O)C(NC(=O)C2CCC(=O)N2)C(C(C)C)c2ccc3c4c([nH]c3c2)-n2cnc(c2)CC(C(=O)O)NC(=O)C(CCCN=C(N)N)NC(=O)C2CCCN2C(=O)C(C4)NC1=O. The summed E-state index contributed by atoms with van der Waals surface area (Å²) in [6.07, 6.45) is 4.37. The molecule has 7 heterocycles. The Kier molecular flexibility index (Phi) is 17.5. The zero-order valence-corrected chi connectivity index (χ0v) is 43.4. The molecule has 10 atom stereocenters. The Morgan fingerprint density at radius 2 is 1.60 bits per heavy atom.